The van der Waals surface area contributed by atoms with Gasteiger partial charge in [0.1, 0.15) is 5.75 Å². The standard InChI is InChI=1S/C12H14O2/c1-3-4-5-11(13)10-8-9(2)6-7-12(10)14/h4-8,14H,3H2,1-2H3. The molecule has 0 radical (unpaired) electrons. The highest BCUT2D eigenvalue weighted by Crippen LogP contribution is 2.18. The zero-order valence-electron chi connectivity index (χ0n) is 8.45. The first-order valence-electron chi connectivity index (χ1n) is 4.65. The minimum absolute atomic E-state index is 0.0429. The molecule has 0 aliphatic carbocycles. The molecule has 0 heterocycles. The summed E-state index contributed by atoms with van der Waals surface area (Å²) in [6.07, 6.45) is 4.09. The fourth-order valence-corrected chi connectivity index (χ4v) is 1.16. The van der Waals surface area contributed by atoms with Crippen molar-refractivity contribution in [3.05, 3.63) is 41.5 Å². The third-order valence-corrected chi connectivity index (χ3v) is 1.92. The Bertz CT molecular complexity index is 365. The van der Waals surface area contributed by atoms with Gasteiger partial charge in [-0.3, -0.25) is 4.79 Å². The number of carbonyl (C=O) groups excluding carboxylic acids is 1. The molecule has 2 nitrogen and oxygen atoms in total. The molecule has 1 aromatic rings. The number of hydrogen-bond acceptors (Lipinski definition) is 2. The van der Waals surface area contributed by atoms with Gasteiger partial charge in [0.2, 0.25) is 0 Å². The van der Waals surface area contributed by atoms with Gasteiger partial charge in [-0.15, -0.1) is 0 Å². The zero-order chi connectivity index (χ0) is 10.6. The lowest BCUT2D eigenvalue weighted by atomic mass is 10.1. The number of ketones is 1. The van der Waals surface area contributed by atoms with Crippen LogP contribution in [0.5, 0.6) is 5.75 Å². The Morgan fingerprint density at radius 2 is 2.21 bits per heavy atom. The van der Waals surface area contributed by atoms with E-state index in [1.165, 1.54) is 6.08 Å². The third-order valence-electron chi connectivity index (χ3n) is 1.92. The highest BCUT2D eigenvalue weighted by atomic mass is 16.3. The number of allylic oxidation sites excluding steroid dienone is 2. The van der Waals surface area contributed by atoms with Crippen molar-refractivity contribution in [3.63, 3.8) is 0 Å². The lowest BCUT2D eigenvalue weighted by Crippen LogP contribution is -1.95. The maximum Gasteiger partial charge on any atom is 0.189 e. The topological polar surface area (TPSA) is 37.3 Å². The second kappa shape index (κ2) is 4.61. The molecular weight excluding hydrogens is 176 g/mol. The fraction of sp³-hybridized carbons (Fsp3) is 0.250. The average molecular weight is 190 g/mol. The molecule has 74 valence electrons. The molecule has 1 rings (SSSR count). The second-order valence-electron chi connectivity index (χ2n) is 3.20. The summed E-state index contributed by atoms with van der Waals surface area (Å²) in [5.74, 6) is -0.102. The van der Waals surface area contributed by atoms with E-state index in [1.54, 1.807) is 24.3 Å². The van der Waals surface area contributed by atoms with E-state index >= 15 is 0 Å². The number of aryl methyl sites for hydroxylation is 1. The maximum atomic E-state index is 11.5. The number of carbonyl (C=O) groups is 1. The lowest BCUT2D eigenvalue weighted by molar-refractivity contribution is 0.104. The van der Waals surface area contributed by atoms with Crippen LogP contribution in [0.15, 0.2) is 30.4 Å². The molecule has 0 aromatic heterocycles. The van der Waals surface area contributed by atoms with Crippen LogP contribution in [0.25, 0.3) is 0 Å². The Hall–Kier alpha value is -1.57. The van der Waals surface area contributed by atoms with Crippen molar-refractivity contribution in [2.75, 3.05) is 0 Å². The van der Waals surface area contributed by atoms with Crippen LogP contribution in [0, 0.1) is 6.92 Å². The summed E-state index contributed by atoms with van der Waals surface area (Å²) in [7, 11) is 0. The molecule has 0 amide bonds. The summed E-state index contributed by atoms with van der Waals surface area (Å²) in [5, 5.41) is 9.45. The molecule has 1 aromatic carbocycles. The van der Waals surface area contributed by atoms with Gasteiger partial charge in [0, 0.05) is 0 Å². The Kier molecular flexibility index (Phi) is 3.46. The monoisotopic (exact) mass is 190 g/mol. The van der Waals surface area contributed by atoms with Crippen molar-refractivity contribution >= 4 is 5.78 Å². The van der Waals surface area contributed by atoms with Crippen LogP contribution in [0.3, 0.4) is 0 Å². The zero-order valence-corrected chi connectivity index (χ0v) is 8.45. The van der Waals surface area contributed by atoms with Crippen molar-refractivity contribution in [2.24, 2.45) is 0 Å². The van der Waals surface area contributed by atoms with Crippen molar-refractivity contribution in [3.8, 4) is 5.75 Å². The molecule has 0 atom stereocenters. The van der Waals surface area contributed by atoms with Crippen LogP contribution >= 0.6 is 0 Å². The lowest BCUT2D eigenvalue weighted by Gasteiger charge is -2.01. The Balaban J connectivity index is 3.00. The minimum atomic E-state index is -0.145. The van der Waals surface area contributed by atoms with Gasteiger partial charge in [0.25, 0.3) is 0 Å². The molecule has 0 fully saturated rings. The van der Waals surface area contributed by atoms with Crippen molar-refractivity contribution < 1.29 is 9.90 Å². The van der Waals surface area contributed by atoms with Gasteiger partial charge in [0.05, 0.1) is 5.56 Å². The maximum absolute atomic E-state index is 11.5. The van der Waals surface area contributed by atoms with E-state index in [0.29, 0.717) is 5.56 Å². The average Bonchev–Trinajstić information content (AvgIpc) is 2.18. The first-order chi connectivity index (χ1) is 6.65. The summed E-state index contributed by atoms with van der Waals surface area (Å²) >= 11 is 0. The molecule has 0 aliphatic heterocycles. The Morgan fingerprint density at radius 1 is 1.50 bits per heavy atom. The molecule has 0 saturated carbocycles. The summed E-state index contributed by atoms with van der Waals surface area (Å²) in [5.41, 5.74) is 1.34. The van der Waals surface area contributed by atoms with E-state index in [0.717, 1.165) is 12.0 Å². The summed E-state index contributed by atoms with van der Waals surface area (Å²) < 4.78 is 0. The minimum Gasteiger partial charge on any atom is -0.507 e. The molecule has 2 heteroatoms. The molecule has 1 N–H and O–H groups in total. The van der Waals surface area contributed by atoms with E-state index in [1.807, 2.05) is 13.8 Å². The number of hydrogen-bond donors (Lipinski definition) is 1. The van der Waals surface area contributed by atoms with Crippen molar-refractivity contribution in [1.82, 2.24) is 0 Å². The molecule has 0 saturated heterocycles. The summed E-state index contributed by atoms with van der Waals surface area (Å²) in [4.78, 5) is 11.5. The van der Waals surface area contributed by atoms with Crippen LogP contribution in [-0.4, -0.2) is 10.9 Å². The highest BCUT2D eigenvalue weighted by Gasteiger charge is 2.07. The number of rotatable bonds is 3. The van der Waals surface area contributed by atoms with Crippen LogP contribution in [-0.2, 0) is 0 Å². The number of phenols is 1. The van der Waals surface area contributed by atoms with E-state index in [2.05, 4.69) is 0 Å². The molecule has 14 heavy (non-hydrogen) atoms. The number of benzene rings is 1. The van der Waals surface area contributed by atoms with E-state index < -0.39 is 0 Å². The third kappa shape index (κ3) is 2.46. The van der Waals surface area contributed by atoms with Crippen LogP contribution in [0.2, 0.25) is 0 Å². The quantitative estimate of drug-likeness (QED) is 0.587. The van der Waals surface area contributed by atoms with Crippen LogP contribution in [0.1, 0.15) is 29.3 Å². The van der Waals surface area contributed by atoms with Gasteiger partial charge < -0.3 is 5.11 Å². The molecular formula is C12H14O2. The normalized spacial score (nSPS) is 10.7. The molecule has 0 bridgehead atoms. The van der Waals surface area contributed by atoms with E-state index in [-0.39, 0.29) is 11.5 Å². The smallest absolute Gasteiger partial charge is 0.189 e. The largest absolute Gasteiger partial charge is 0.507 e. The highest BCUT2D eigenvalue weighted by molar-refractivity contribution is 6.06. The van der Waals surface area contributed by atoms with Crippen molar-refractivity contribution in [2.45, 2.75) is 20.3 Å². The first-order valence-corrected chi connectivity index (χ1v) is 4.65. The second-order valence-corrected chi connectivity index (χ2v) is 3.20. The van der Waals surface area contributed by atoms with E-state index in [9.17, 15) is 9.90 Å². The SMILES string of the molecule is CCC=CC(=O)c1cc(C)ccc1O. The van der Waals surface area contributed by atoms with Crippen LogP contribution in [0.4, 0.5) is 0 Å². The van der Waals surface area contributed by atoms with Gasteiger partial charge in [-0.1, -0.05) is 24.6 Å². The summed E-state index contributed by atoms with van der Waals surface area (Å²) in [6, 6.07) is 5.01. The predicted octanol–water partition coefficient (Wildman–Crippen LogP) is 2.85. The Labute approximate surface area is 83.9 Å². The molecule has 0 aliphatic rings. The van der Waals surface area contributed by atoms with Crippen molar-refractivity contribution in [1.29, 1.82) is 0 Å². The number of aromatic hydroxyl groups is 1. The first kappa shape index (κ1) is 10.5. The van der Waals surface area contributed by atoms with E-state index in [4.69, 9.17) is 0 Å². The predicted molar refractivity (Wildman–Crippen MR) is 56.6 cm³/mol. The van der Waals surface area contributed by atoms with Gasteiger partial charge in [-0.25, -0.2) is 0 Å². The van der Waals surface area contributed by atoms with Gasteiger partial charge in [0.15, 0.2) is 5.78 Å². The molecule has 0 unspecified atom stereocenters. The number of phenolic OH excluding ortho intramolecular Hbond substituents is 1. The fourth-order valence-electron chi connectivity index (χ4n) is 1.16. The van der Waals surface area contributed by atoms with Crippen LogP contribution < -0.4 is 0 Å². The summed E-state index contributed by atoms with van der Waals surface area (Å²) in [6.45, 7) is 3.85. The van der Waals surface area contributed by atoms with Gasteiger partial charge in [-0.05, 0) is 31.6 Å². The van der Waals surface area contributed by atoms with Gasteiger partial charge in [-0.2, -0.15) is 0 Å². The Morgan fingerprint density at radius 3 is 2.86 bits per heavy atom. The van der Waals surface area contributed by atoms with Gasteiger partial charge >= 0.3 is 0 Å². The molecule has 0 spiro atoms.